The monoisotopic (exact) mass is 396 g/mol. The van der Waals surface area contributed by atoms with Gasteiger partial charge in [0.1, 0.15) is 10.8 Å². The maximum atomic E-state index is 13.5. The molecule has 4 nitrogen and oxygen atoms in total. The number of rotatable bonds is 1. The van der Waals surface area contributed by atoms with E-state index in [9.17, 15) is 18.0 Å². The van der Waals surface area contributed by atoms with Crippen LogP contribution in [0.15, 0.2) is 42.5 Å². The molecule has 0 fully saturated rings. The highest BCUT2D eigenvalue weighted by Crippen LogP contribution is 2.39. The Hall–Kier alpha value is -2.54. The van der Waals surface area contributed by atoms with Gasteiger partial charge in [-0.05, 0) is 45.0 Å². The third kappa shape index (κ3) is 3.93. The van der Waals surface area contributed by atoms with Crippen molar-refractivity contribution in [1.82, 2.24) is 9.55 Å². The Morgan fingerprint density at radius 3 is 2.41 bits per heavy atom. The van der Waals surface area contributed by atoms with Crippen LogP contribution < -0.4 is 0 Å². The quantitative estimate of drug-likeness (QED) is 0.463. The summed E-state index contributed by atoms with van der Waals surface area (Å²) in [5.74, 6) is 0. The van der Waals surface area contributed by atoms with Crippen molar-refractivity contribution in [3.8, 4) is 11.3 Å². The molecule has 2 aromatic heterocycles. The van der Waals surface area contributed by atoms with Crippen molar-refractivity contribution < 1.29 is 22.7 Å². The number of alkyl halides is 3. The summed E-state index contributed by atoms with van der Waals surface area (Å²) in [6.07, 6.45) is -5.42. The third-order valence-corrected chi connectivity index (χ3v) is 3.91. The maximum absolute atomic E-state index is 13.5. The lowest BCUT2D eigenvalue weighted by Crippen LogP contribution is -2.27. The van der Waals surface area contributed by atoms with Gasteiger partial charge in [0.05, 0.1) is 11.3 Å². The van der Waals surface area contributed by atoms with Gasteiger partial charge in [-0.1, -0.05) is 29.8 Å². The van der Waals surface area contributed by atoms with E-state index in [1.54, 1.807) is 26.8 Å². The molecule has 142 valence electrons. The van der Waals surface area contributed by atoms with E-state index in [-0.39, 0.29) is 22.1 Å². The minimum atomic E-state index is -4.59. The maximum Gasteiger partial charge on any atom is 0.420 e. The molecule has 0 aliphatic rings. The summed E-state index contributed by atoms with van der Waals surface area (Å²) in [5.41, 5.74) is -1.69. The van der Waals surface area contributed by atoms with Crippen LogP contribution in [-0.4, -0.2) is 21.2 Å². The van der Waals surface area contributed by atoms with Crippen LogP contribution in [0.2, 0.25) is 5.15 Å². The first-order chi connectivity index (χ1) is 12.5. The zero-order chi connectivity index (χ0) is 20.0. The first kappa shape index (κ1) is 19.2. The summed E-state index contributed by atoms with van der Waals surface area (Å²) >= 11 is 5.93. The smallest absolute Gasteiger partial charge is 0.420 e. The van der Waals surface area contributed by atoms with Gasteiger partial charge in [0.2, 0.25) is 0 Å². The van der Waals surface area contributed by atoms with Crippen molar-refractivity contribution in [2.45, 2.75) is 32.5 Å². The first-order valence-corrected chi connectivity index (χ1v) is 8.43. The molecule has 0 N–H and O–H groups in total. The fourth-order valence-corrected chi connectivity index (χ4v) is 2.84. The van der Waals surface area contributed by atoms with Gasteiger partial charge in [0.15, 0.2) is 5.65 Å². The fraction of sp³-hybridized carbons (Fsp3) is 0.263. The summed E-state index contributed by atoms with van der Waals surface area (Å²) in [4.78, 5) is 16.9. The molecule has 0 radical (unpaired) electrons. The lowest BCUT2D eigenvalue weighted by Gasteiger charge is -2.21. The molecule has 0 aliphatic carbocycles. The van der Waals surface area contributed by atoms with E-state index in [0.717, 1.165) is 10.6 Å². The Labute approximate surface area is 158 Å². The van der Waals surface area contributed by atoms with Gasteiger partial charge in [-0.2, -0.15) is 13.2 Å². The molecule has 27 heavy (non-hydrogen) atoms. The molecule has 8 heteroatoms. The average molecular weight is 397 g/mol. The molecule has 0 unspecified atom stereocenters. The van der Waals surface area contributed by atoms with Crippen molar-refractivity contribution in [3.05, 3.63) is 53.2 Å². The van der Waals surface area contributed by atoms with Crippen molar-refractivity contribution in [2.75, 3.05) is 0 Å². The number of halogens is 4. The van der Waals surface area contributed by atoms with Gasteiger partial charge < -0.3 is 4.74 Å². The van der Waals surface area contributed by atoms with Crippen LogP contribution in [-0.2, 0) is 10.9 Å². The van der Waals surface area contributed by atoms with Crippen LogP contribution in [0.25, 0.3) is 22.3 Å². The Kier molecular flexibility index (Phi) is 4.67. The van der Waals surface area contributed by atoms with Crippen LogP contribution in [0.1, 0.15) is 26.3 Å². The zero-order valence-electron chi connectivity index (χ0n) is 14.8. The molecular formula is C19H16ClF3N2O2. The summed E-state index contributed by atoms with van der Waals surface area (Å²) in [6.45, 7) is 5.00. The number of carbonyl (C=O) groups excluding carboxylic acids is 1. The number of hydrogen-bond acceptors (Lipinski definition) is 3. The van der Waals surface area contributed by atoms with Gasteiger partial charge in [0, 0.05) is 10.9 Å². The lowest BCUT2D eigenvalue weighted by molar-refractivity contribution is -0.137. The predicted octanol–water partition coefficient (Wildman–Crippen LogP) is 6.16. The minimum absolute atomic E-state index is 0.0296. The van der Waals surface area contributed by atoms with Crippen LogP contribution in [0.5, 0.6) is 0 Å². The SMILES string of the molecule is CC(C)(C)OC(=O)n1c(-c2ccccc2C(F)(F)F)cc2ccc(Cl)nc21. The second-order valence-electron chi connectivity index (χ2n) is 6.94. The van der Waals surface area contributed by atoms with Crippen molar-refractivity contribution in [2.24, 2.45) is 0 Å². The molecule has 1 aromatic carbocycles. The van der Waals surface area contributed by atoms with Crippen LogP contribution in [0.3, 0.4) is 0 Å². The minimum Gasteiger partial charge on any atom is -0.443 e. The summed E-state index contributed by atoms with van der Waals surface area (Å²) < 4.78 is 46.9. The normalized spacial score (nSPS) is 12.4. The first-order valence-electron chi connectivity index (χ1n) is 8.05. The molecule has 0 atom stereocenters. The van der Waals surface area contributed by atoms with Crippen molar-refractivity contribution in [1.29, 1.82) is 0 Å². The molecule has 3 rings (SSSR count). The van der Waals surface area contributed by atoms with E-state index in [1.165, 1.54) is 30.3 Å². The number of benzene rings is 1. The van der Waals surface area contributed by atoms with Gasteiger partial charge in [-0.25, -0.2) is 14.3 Å². The Morgan fingerprint density at radius 2 is 1.78 bits per heavy atom. The highest BCUT2D eigenvalue weighted by molar-refractivity contribution is 6.29. The number of aromatic nitrogens is 2. The number of fused-ring (bicyclic) bond motifs is 1. The lowest BCUT2D eigenvalue weighted by atomic mass is 10.0. The molecule has 0 saturated carbocycles. The largest absolute Gasteiger partial charge is 0.443 e. The van der Waals surface area contributed by atoms with Gasteiger partial charge >= 0.3 is 12.3 Å². The molecule has 0 saturated heterocycles. The Balaban J connectivity index is 2.32. The number of carbonyl (C=O) groups is 1. The highest BCUT2D eigenvalue weighted by atomic mass is 35.5. The second kappa shape index (κ2) is 6.56. The van der Waals surface area contributed by atoms with Crippen molar-refractivity contribution in [3.63, 3.8) is 0 Å². The number of pyridine rings is 1. The summed E-state index contributed by atoms with van der Waals surface area (Å²) in [6, 6.07) is 9.59. The second-order valence-corrected chi connectivity index (χ2v) is 7.32. The molecule has 0 aliphatic heterocycles. The number of hydrogen-bond donors (Lipinski definition) is 0. The van der Waals surface area contributed by atoms with E-state index in [1.807, 2.05) is 0 Å². The van der Waals surface area contributed by atoms with Crippen molar-refractivity contribution >= 4 is 28.7 Å². The average Bonchev–Trinajstić information content (AvgIpc) is 2.91. The van der Waals surface area contributed by atoms with Crippen LogP contribution >= 0.6 is 11.6 Å². The molecule has 0 spiro atoms. The van der Waals surface area contributed by atoms with E-state index in [0.29, 0.717) is 5.39 Å². The molecule has 2 heterocycles. The molecule has 0 bridgehead atoms. The van der Waals surface area contributed by atoms with Gasteiger partial charge in [0.25, 0.3) is 0 Å². The van der Waals surface area contributed by atoms with E-state index < -0.39 is 23.4 Å². The van der Waals surface area contributed by atoms with E-state index >= 15 is 0 Å². The topological polar surface area (TPSA) is 44.1 Å². The summed E-state index contributed by atoms with van der Waals surface area (Å²) in [7, 11) is 0. The zero-order valence-corrected chi connectivity index (χ0v) is 15.5. The predicted molar refractivity (Wildman–Crippen MR) is 96.8 cm³/mol. The molecular weight excluding hydrogens is 381 g/mol. The van der Waals surface area contributed by atoms with Crippen LogP contribution in [0.4, 0.5) is 18.0 Å². The van der Waals surface area contributed by atoms with Gasteiger partial charge in [-0.3, -0.25) is 0 Å². The Morgan fingerprint density at radius 1 is 1.11 bits per heavy atom. The Bertz CT molecular complexity index is 1020. The van der Waals surface area contributed by atoms with Gasteiger partial charge in [-0.15, -0.1) is 0 Å². The number of ether oxygens (including phenoxy) is 1. The van der Waals surface area contributed by atoms with E-state index in [2.05, 4.69) is 4.98 Å². The summed E-state index contributed by atoms with van der Waals surface area (Å²) in [5, 5.41) is 0.582. The van der Waals surface area contributed by atoms with E-state index in [4.69, 9.17) is 16.3 Å². The van der Waals surface area contributed by atoms with Crippen LogP contribution in [0, 0.1) is 0 Å². The number of nitrogens with zero attached hydrogens (tertiary/aromatic N) is 2. The molecule has 3 aromatic rings. The standard InChI is InChI=1S/C19H16ClF3N2O2/c1-18(2,3)27-17(26)25-14(10-11-8-9-15(20)24-16(11)25)12-6-4-5-7-13(12)19(21,22)23/h4-10H,1-3H3. The molecule has 0 amide bonds. The highest BCUT2D eigenvalue weighted by Gasteiger charge is 2.35. The fourth-order valence-electron chi connectivity index (χ4n) is 2.70. The third-order valence-electron chi connectivity index (χ3n) is 3.70.